The number of nitrogens with zero attached hydrogens (tertiary/aromatic N) is 1. The van der Waals surface area contributed by atoms with Gasteiger partial charge < -0.3 is 66.5 Å². The number of primary amides is 1. The Bertz CT molecular complexity index is 2280. The lowest BCUT2D eigenvalue weighted by atomic mass is 9.78. The Hall–Kier alpha value is -5.85. The summed E-state index contributed by atoms with van der Waals surface area (Å²) < 4.78 is 9.48. The molecule has 0 aromatic heterocycles. The van der Waals surface area contributed by atoms with Gasteiger partial charge in [-0.2, -0.15) is 0 Å². The Morgan fingerprint density at radius 2 is 1.54 bits per heavy atom. The van der Waals surface area contributed by atoms with Gasteiger partial charge in [-0.25, -0.2) is 0 Å². The summed E-state index contributed by atoms with van der Waals surface area (Å²) >= 11 is 0.992. The zero-order valence-corrected chi connectivity index (χ0v) is 30.3. The molecule has 1 heterocycles. The molecule has 3 amide bonds. The highest BCUT2D eigenvalue weighted by molar-refractivity contribution is 8.01. The third kappa shape index (κ3) is 8.77. The van der Waals surface area contributed by atoms with Crippen molar-refractivity contribution in [3.05, 3.63) is 94.5 Å². The minimum atomic E-state index is -3.63. The fraction of sp³-hybridized carbons (Fsp3) is 0.194. The number of ether oxygens (including phenoxy) is 2. The molecule has 17 nitrogen and oxygen atoms in total. The van der Waals surface area contributed by atoms with Gasteiger partial charge in [0.1, 0.15) is 32.4 Å². The van der Waals surface area contributed by atoms with E-state index in [1.807, 2.05) is 5.32 Å². The second-order valence-electron chi connectivity index (χ2n) is 12.5. The number of hydrogen-bond acceptors (Lipinski definition) is 15. The van der Waals surface area contributed by atoms with Crippen LogP contribution in [0, 0.1) is 11.8 Å². The lowest BCUT2D eigenvalue weighted by Crippen LogP contribution is -2.63. The van der Waals surface area contributed by atoms with Crippen LogP contribution in [0.25, 0.3) is 0 Å². The van der Waals surface area contributed by atoms with E-state index >= 15 is 0 Å². The van der Waals surface area contributed by atoms with Gasteiger partial charge in [-0.15, -0.1) is 11.8 Å². The van der Waals surface area contributed by atoms with Crippen molar-refractivity contribution in [3.8, 4) is 40.6 Å². The average molecular weight is 793 g/mol. The molecule has 21 heteroatoms. The molecule has 0 bridgehead atoms. The molecule has 1 aliphatic rings. The zero-order chi connectivity index (χ0) is 42.2. The van der Waals surface area contributed by atoms with Crippen LogP contribution in [-0.2, 0) is 15.4 Å². The molecular weight excluding hydrogens is 763 g/mol. The summed E-state index contributed by atoms with van der Waals surface area (Å²) in [7, 11) is 18.3. The number of carbonyl (C=O) groups is 3. The van der Waals surface area contributed by atoms with Crippen LogP contribution in [0.4, 0.5) is 5.69 Å². The van der Waals surface area contributed by atoms with Gasteiger partial charge in [0, 0.05) is 28.8 Å². The van der Waals surface area contributed by atoms with Gasteiger partial charge in [-0.3, -0.25) is 19.3 Å². The number of carbonyl (C=O) groups excluding carboxylic acids is 3. The van der Waals surface area contributed by atoms with Crippen LogP contribution in [0.3, 0.4) is 0 Å². The lowest BCUT2D eigenvalue weighted by Gasteiger charge is -2.38. The van der Waals surface area contributed by atoms with E-state index in [2.05, 4.69) is 16.6 Å². The number of phenolic OH excluding ortho intramolecular Hbond substituents is 3. The number of rotatable bonds is 11. The SMILES string of the molecule is [B]c1c(O)c(O)c([B])c(C#Cc2ccc([C@@H]3S[C@H](CC(=O)NC([B])(O)C(O)(O)c4ccc(OC(O)(O)O)c(OC)c4)C(=O)N3c3cccc(C(N)=O)c3)cc2)c1O. The maximum atomic E-state index is 14.0. The number of aromatic hydroxyl groups is 3. The number of benzene rings is 4. The van der Waals surface area contributed by atoms with Gasteiger partial charge in [-0.05, 0) is 65.0 Å². The average Bonchev–Trinajstić information content (AvgIpc) is 3.47. The summed E-state index contributed by atoms with van der Waals surface area (Å²) in [4.78, 5) is 40.6. The van der Waals surface area contributed by atoms with Crippen molar-refractivity contribution in [1.82, 2.24) is 5.32 Å². The maximum absolute atomic E-state index is 14.0. The van der Waals surface area contributed by atoms with Gasteiger partial charge >= 0.3 is 6.16 Å². The first-order valence-corrected chi connectivity index (χ1v) is 17.1. The first kappa shape index (κ1) is 42.3. The Balaban J connectivity index is 1.41. The number of thioether (sulfide) groups is 1. The van der Waals surface area contributed by atoms with Crippen molar-refractivity contribution >= 4 is 69.6 Å². The van der Waals surface area contributed by atoms with Crippen LogP contribution < -0.4 is 36.3 Å². The van der Waals surface area contributed by atoms with Crippen LogP contribution in [-0.4, -0.2) is 111 Å². The van der Waals surface area contributed by atoms with Crippen LogP contribution in [0.5, 0.6) is 28.7 Å². The number of amides is 3. The topological polar surface area (TPSA) is 293 Å². The van der Waals surface area contributed by atoms with E-state index < -0.39 is 97.6 Å². The summed E-state index contributed by atoms with van der Waals surface area (Å²) in [6.07, 6.45) is -4.29. The Labute approximate surface area is 331 Å². The van der Waals surface area contributed by atoms with E-state index in [4.69, 9.17) is 49.3 Å². The second-order valence-corrected chi connectivity index (χ2v) is 13.7. The van der Waals surface area contributed by atoms with Gasteiger partial charge in [0.05, 0.1) is 17.9 Å². The summed E-state index contributed by atoms with van der Waals surface area (Å²) in [5.74, 6) is -3.70. The quantitative estimate of drug-likeness (QED) is 0.0240. The van der Waals surface area contributed by atoms with Gasteiger partial charge in [0.25, 0.3) is 0 Å². The first-order chi connectivity index (χ1) is 26.6. The number of phenols is 3. The summed E-state index contributed by atoms with van der Waals surface area (Å²) in [6, 6.07) is 14.8. The largest absolute Gasteiger partial charge is 0.507 e. The smallest absolute Gasteiger partial charge is 0.453 e. The highest BCUT2D eigenvalue weighted by Crippen LogP contribution is 2.47. The number of nitrogens with one attached hydrogen (secondary N) is 1. The Kier molecular flexibility index (Phi) is 11.8. The summed E-state index contributed by atoms with van der Waals surface area (Å²) in [5.41, 5.74) is 1.58. The molecule has 1 fully saturated rings. The minimum Gasteiger partial charge on any atom is -0.507 e. The predicted molar refractivity (Wildman–Crippen MR) is 204 cm³/mol. The highest BCUT2D eigenvalue weighted by Gasteiger charge is 2.49. The molecule has 0 spiro atoms. The Morgan fingerprint density at radius 1 is 0.895 bits per heavy atom. The normalized spacial score (nSPS) is 16.6. The van der Waals surface area contributed by atoms with Gasteiger partial charge in [-0.1, -0.05) is 30.0 Å². The molecular formula is C36H30B3N3O14S. The van der Waals surface area contributed by atoms with Crippen molar-refractivity contribution in [2.45, 2.75) is 34.6 Å². The van der Waals surface area contributed by atoms with E-state index in [0.717, 1.165) is 37.1 Å². The molecule has 0 saturated carbocycles. The molecule has 0 aliphatic carbocycles. The van der Waals surface area contributed by atoms with Crippen LogP contribution in [0.1, 0.15) is 44.4 Å². The summed E-state index contributed by atoms with van der Waals surface area (Å²) in [6.45, 7) is 0. The molecule has 4 aromatic rings. The van der Waals surface area contributed by atoms with Gasteiger partial charge in [0.15, 0.2) is 30.8 Å². The molecule has 1 aliphatic heterocycles. The van der Waals surface area contributed by atoms with Crippen LogP contribution >= 0.6 is 11.8 Å². The third-order valence-electron chi connectivity index (χ3n) is 8.52. The minimum absolute atomic E-state index is 0.0781. The van der Waals surface area contributed by atoms with Crippen molar-refractivity contribution < 1.29 is 69.8 Å². The van der Waals surface area contributed by atoms with Crippen LogP contribution in [0.2, 0.25) is 0 Å². The number of hydrogen-bond donors (Lipinski definition) is 11. The predicted octanol–water partition coefficient (Wildman–Crippen LogP) is -2.83. The van der Waals surface area contributed by atoms with Crippen molar-refractivity contribution in [3.63, 3.8) is 0 Å². The summed E-state index contributed by atoms with van der Waals surface area (Å²) in [5, 5.41) is 90.2. The molecule has 5 rings (SSSR count). The van der Waals surface area contributed by atoms with E-state index in [9.17, 15) is 45.0 Å². The van der Waals surface area contributed by atoms with Gasteiger partial charge in [0.2, 0.25) is 23.5 Å². The van der Waals surface area contributed by atoms with E-state index in [1.54, 1.807) is 24.3 Å². The molecule has 12 N–H and O–H groups in total. The number of aliphatic hydroxyl groups is 6. The molecule has 4 aromatic carbocycles. The van der Waals surface area contributed by atoms with E-state index in [-0.39, 0.29) is 16.8 Å². The fourth-order valence-corrected chi connectivity index (χ4v) is 7.03. The lowest BCUT2D eigenvalue weighted by molar-refractivity contribution is -0.419. The monoisotopic (exact) mass is 793 g/mol. The number of nitrogens with two attached hydrogens (primary N) is 1. The van der Waals surface area contributed by atoms with Crippen molar-refractivity contribution in [2.24, 2.45) is 5.73 Å². The van der Waals surface area contributed by atoms with E-state index in [1.165, 1.54) is 29.2 Å². The molecule has 6 radical (unpaired) electrons. The number of anilines is 1. The molecule has 1 unspecified atom stereocenters. The molecule has 57 heavy (non-hydrogen) atoms. The molecule has 288 valence electrons. The first-order valence-electron chi connectivity index (χ1n) is 16.2. The highest BCUT2D eigenvalue weighted by atomic mass is 32.2. The van der Waals surface area contributed by atoms with Crippen molar-refractivity contribution in [2.75, 3.05) is 12.0 Å². The third-order valence-corrected chi connectivity index (χ3v) is 9.96. The van der Waals surface area contributed by atoms with Crippen LogP contribution in [0.15, 0.2) is 66.7 Å². The zero-order valence-electron chi connectivity index (χ0n) is 29.4. The van der Waals surface area contributed by atoms with E-state index in [0.29, 0.717) is 11.1 Å². The Morgan fingerprint density at radius 3 is 2.16 bits per heavy atom. The molecule has 3 atom stereocenters. The van der Waals surface area contributed by atoms with Crippen molar-refractivity contribution in [1.29, 1.82) is 0 Å². The molecule has 1 saturated heterocycles. The standard InChI is InChI=1S/C36H30B3N3O14S/c1-55-23-14-19(10-12-22(23)56-36(52,53)54)34(49,50)35(39,51)41-25(43)15-24-32(48)42(20-4-2-3-18(13-20)31(40)47)33(57-24)17-8-5-16(6-9-17)7-11-21-26(37)29(45)30(46)27(38)28(21)44/h2-6,8-10,12-14,24,33,44-46,49-54H,15H2,1H3,(H2,40,47)(H,41,43)/t24-,33+,35?/m1/s1. The number of methoxy groups -OCH3 is 1. The maximum Gasteiger partial charge on any atom is 0.453 e. The second kappa shape index (κ2) is 16.0. The fourth-order valence-electron chi connectivity index (χ4n) is 5.58.